The standard InChI is InChI=1S/C23H26FN7O/c1-27-22(26)21(16-4-7-18(24)8-5-16)23(28-2)31-12-10-30(11-13-31)19(14-25)17-6-9-20(32-3)29-15-17/h4-9,15,19H,2,10-13H2,1,3H3,(H2,26,27)/b23-21+. The van der Waals surface area contributed by atoms with Gasteiger partial charge in [-0.2, -0.15) is 5.26 Å². The van der Waals surface area contributed by atoms with Gasteiger partial charge in [-0.25, -0.2) is 14.4 Å². The molecule has 0 saturated carbocycles. The highest BCUT2D eigenvalue weighted by Gasteiger charge is 2.28. The van der Waals surface area contributed by atoms with Crippen molar-refractivity contribution in [1.82, 2.24) is 14.8 Å². The second-order valence-electron chi connectivity index (χ2n) is 7.16. The van der Waals surface area contributed by atoms with Gasteiger partial charge < -0.3 is 15.4 Å². The van der Waals surface area contributed by atoms with Crippen LogP contribution in [0.5, 0.6) is 5.88 Å². The van der Waals surface area contributed by atoms with E-state index >= 15 is 0 Å². The Morgan fingerprint density at radius 2 is 1.91 bits per heavy atom. The normalized spacial score (nSPS) is 16.7. The average Bonchev–Trinajstić information content (AvgIpc) is 2.84. The lowest BCUT2D eigenvalue weighted by Gasteiger charge is -2.38. The van der Waals surface area contributed by atoms with Gasteiger partial charge in [-0.15, -0.1) is 0 Å². The van der Waals surface area contributed by atoms with Crippen molar-refractivity contribution < 1.29 is 9.13 Å². The topological polar surface area (TPSA) is 103 Å². The first-order valence-corrected chi connectivity index (χ1v) is 10.1. The fraction of sp³-hybridized carbons (Fsp3) is 0.304. The number of aromatic nitrogens is 1. The summed E-state index contributed by atoms with van der Waals surface area (Å²) in [7, 11) is 3.15. The number of aliphatic imine (C=N–C) groups is 2. The van der Waals surface area contributed by atoms with Crippen LogP contribution in [0.25, 0.3) is 5.57 Å². The molecule has 1 aliphatic heterocycles. The Morgan fingerprint density at radius 1 is 1.22 bits per heavy atom. The van der Waals surface area contributed by atoms with E-state index in [1.807, 2.05) is 6.07 Å². The van der Waals surface area contributed by atoms with Gasteiger partial charge >= 0.3 is 0 Å². The quantitative estimate of drug-likeness (QED) is 0.529. The first-order chi connectivity index (χ1) is 15.5. The van der Waals surface area contributed by atoms with Crippen molar-refractivity contribution >= 4 is 18.1 Å². The lowest BCUT2D eigenvalue weighted by atomic mass is 10.0. The molecular weight excluding hydrogens is 409 g/mol. The Morgan fingerprint density at radius 3 is 2.41 bits per heavy atom. The third-order valence-corrected chi connectivity index (χ3v) is 5.39. The molecule has 8 nitrogen and oxygen atoms in total. The molecule has 0 amide bonds. The van der Waals surface area contributed by atoms with Gasteiger partial charge in [0.1, 0.15) is 23.5 Å². The summed E-state index contributed by atoms with van der Waals surface area (Å²) < 4.78 is 18.5. The van der Waals surface area contributed by atoms with Crippen LogP contribution >= 0.6 is 0 Å². The summed E-state index contributed by atoms with van der Waals surface area (Å²) in [5, 5.41) is 9.78. The maximum absolute atomic E-state index is 13.4. The predicted octanol–water partition coefficient (Wildman–Crippen LogP) is 2.47. The molecule has 0 bridgehead atoms. The van der Waals surface area contributed by atoms with E-state index in [1.54, 1.807) is 38.6 Å². The number of rotatable bonds is 7. The number of hydrogen-bond donors (Lipinski definition) is 1. The molecule has 32 heavy (non-hydrogen) atoms. The number of hydrogen-bond acceptors (Lipinski definition) is 7. The van der Waals surface area contributed by atoms with Crippen LogP contribution in [0, 0.1) is 17.1 Å². The van der Waals surface area contributed by atoms with Gasteiger partial charge in [-0.3, -0.25) is 9.89 Å². The molecule has 1 unspecified atom stereocenters. The summed E-state index contributed by atoms with van der Waals surface area (Å²) in [4.78, 5) is 16.7. The van der Waals surface area contributed by atoms with Crippen LogP contribution in [0.3, 0.4) is 0 Å². The molecule has 0 radical (unpaired) electrons. The molecular formula is C23H26FN7O. The monoisotopic (exact) mass is 435 g/mol. The summed E-state index contributed by atoms with van der Waals surface area (Å²) >= 11 is 0. The maximum Gasteiger partial charge on any atom is 0.212 e. The van der Waals surface area contributed by atoms with Crippen molar-refractivity contribution in [2.24, 2.45) is 15.7 Å². The molecule has 1 aliphatic rings. The highest BCUT2D eigenvalue weighted by atomic mass is 19.1. The summed E-state index contributed by atoms with van der Waals surface area (Å²) in [6.45, 7) is 6.20. The largest absolute Gasteiger partial charge is 0.481 e. The van der Waals surface area contributed by atoms with Crippen molar-refractivity contribution in [3.63, 3.8) is 0 Å². The molecule has 166 valence electrons. The van der Waals surface area contributed by atoms with Gasteiger partial charge in [-0.05, 0) is 30.5 Å². The zero-order chi connectivity index (χ0) is 23.1. The van der Waals surface area contributed by atoms with Crippen molar-refractivity contribution in [1.29, 1.82) is 5.26 Å². The van der Waals surface area contributed by atoms with Gasteiger partial charge in [0.05, 0.1) is 18.8 Å². The third-order valence-electron chi connectivity index (χ3n) is 5.39. The number of nitriles is 1. The van der Waals surface area contributed by atoms with E-state index in [4.69, 9.17) is 10.5 Å². The van der Waals surface area contributed by atoms with Gasteiger partial charge in [0.2, 0.25) is 5.88 Å². The Kier molecular flexibility index (Phi) is 7.52. The number of halogens is 1. The second kappa shape index (κ2) is 10.5. The zero-order valence-electron chi connectivity index (χ0n) is 18.2. The lowest BCUT2D eigenvalue weighted by molar-refractivity contribution is 0.137. The molecule has 9 heteroatoms. The van der Waals surface area contributed by atoms with E-state index in [-0.39, 0.29) is 5.82 Å². The van der Waals surface area contributed by atoms with Crippen LogP contribution < -0.4 is 10.5 Å². The first kappa shape index (κ1) is 22.9. The Balaban J connectivity index is 1.83. The van der Waals surface area contributed by atoms with Crippen molar-refractivity contribution in [3.8, 4) is 11.9 Å². The van der Waals surface area contributed by atoms with Gasteiger partial charge in [0.25, 0.3) is 0 Å². The van der Waals surface area contributed by atoms with Crippen LogP contribution in [0.4, 0.5) is 4.39 Å². The molecule has 0 spiro atoms. The van der Waals surface area contributed by atoms with E-state index in [0.717, 1.165) is 5.56 Å². The molecule has 1 fully saturated rings. The maximum atomic E-state index is 13.4. The number of nitrogens with two attached hydrogens (primary N) is 1. The minimum atomic E-state index is -0.418. The Bertz CT molecular complexity index is 1030. The molecule has 0 aliphatic carbocycles. The van der Waals surface area contributed by atoms with E-state index in [2.05, 4.69) is 37.6 Å². The van der Waals surface area contributed by atoms with Gasteiger partial charge in [0, 0.05) is 51.1 Å². The van der Waals surface area contributed by atoms with Crippen molar-refractivity contribution in [2.45, 2.75) is 6.04 Å². The predicted molar refractivity (Wildman–Crippen MR) is 123 cm³/mol. The number of amidine groups is 1. The Labute approximate surface area is 187 Å². The number of pyridine rings is 1. The van der Waals surface area contributed by atoms with Crippen LogP contribution in [-0.2, 0) is 0 Å². The molecule has 2 N–H and O–H groups in total. The fourth-order valence-corrected chi connectivity index (χ4v) is 3.69. The van der Waals surface area contributed by atoms with Crippen molar-refractivity contribution in [3.05, 3.63) is 65.4 Å². The highest BCUT2D eigenvalue weighted by molar-refractivity contribution is 6.22. The second-order valence-corrected chi connectivity index (χ2v) is 7.16. The number of piperazine rings is 1. The fourth-order valence-electron chi connectivity index (χ4n) is 3.69. The number of benzene rings is 1. The zero-order valence-corrected chi connectivity index (χ0v) is 18.2. The highest BCUT2D eigenvalue weighted by Crippen LogP contribution is 2.27. The first-order valence-electron chi connectivity index (χ1n) is 10.1. The van der Waals surface area contributed by atoms with E-state index in [1.165, 1.54) is 12.1 Å². The SMILES string of the molecule is C=N/C(=C(\C(N)=N/C)c1ccc(F)cc1)N1CCN(C(C#N)c2ccc(OC)nc2)CC1. The minimum Gasteiger partial charge on any atom is -0.481 e. The van der Waals surface area contributed by atoms with E-state index < -0.39 is 6.04 Å². The average molecular weight is 436 g/mol. The molecule has 2 aromatic rings. The number of ether oxygens (including phenoxy) is 1. The van der Waals surface area contributed by atoms with Crippen LogP contribution in [0.1, 0.15) is 17.2 Å². The van der Waals surface area contributed by atoms with Crippen LogP contribution in [0.2, 0.25) is 0 Å². The summed E-state index contributed by atoms with van der Waals surface area (Å²) in [5.41, 5.74) is 8.30. The molecule has 1 aromatic carbocycles. The summed E-state index contributed by atoms with van der Waals surface area (Å²) in [6.07, 6.45) is 1.67. The van der Waals surface area contributed by atoms with E-state index in [9.17, 15) is 9.65 Å². The molecule has 1 atom stereocenters. The van der Waals surface area contributed by atoms with Crippen LogP contribution in [0.15, 0.2) is 58.4 Å². The van der Waals surface area contributed by atoms with Gasteiger partial charge in [0.15, 0.2) is 0 Å². The van der Waals surface area contributed by atoms with Crippen molar-refractivity contribution in [2.75, 3.05) is 40.3 Å². The summed E-state index contributed by atoms with van der Waals surface area (Å²) in [5.74, 6) is 1.04. The molecule has 1 saturated heterocycles. The minimum absolute atomic E-state index is 0.292. The number of methoxy groups -OCH3 is 1. The molecule has 2 heterocycles. The lowest BCUT2D eigenvalue weighted by Crippen LogP contribution is -2.47. The third kappa shape index (κ3) is 4.92. The molecule has 3 rings (SSSR count). The smallest absolute Gasteiger partial charge is 0.212 e. The Hall–Kier alpha value is -3.77. The van der Waals surface area contributed by atoms with E-state index in [0.29, 0.717) is 54.9 Å². The van der Waals surface area contributed by atoms with Crippen LogP contribution in [-0.4, -0.2) is 67.7 Å². The number of nitrogens with zero attached hydrogens (tertiary/aromatic N) is 6. The molecule has 1 aromatic heterocycles. The van der Waals surface area contributed by atoms with Gasteiger partial charge in [-0.1, -0.05) is 12.1 Å². The summed E-state index contributed by atoms with van der Waals surface area (Å²) in [6, 6.07) is 11.6.